The van der Waals surface area contributed by atoms with Crippen molar-refractivity contribution in [2.45, 2.75) is 49.6 Å². The third-order valence-corrected chi connectivity index (χ3v) is 6.58. The number of carbonyl (C=O) groups excluding carboxylic acids is 2. The van der Waals surface area contributed by atoms with Crippen LogP contribution in [-0.4, -0.2) is 56.3 Å². The zero-order chi connectivity index (χ0) is 19.9. The van der Waals surface area contributed by atoms with Crippen molar-refractivity contribution in [2.75, 3.05) is 13.1 Å². The number of amidine groups is 1. The molecule has 1 amide bonds. The van der Waals surface area contributed by atoms with Gasteiger partial charge in [-0.05, 0) is 44.7 Å². The van der Waals surface area contributed by atoms with Gasteiger partial charge in [-0.1, -0.05) is 12.1 Å². The quantitative estimate of drug-likeness (QED) is 0.751. The average molecular weight is 405 g/mol. The molecule has 8 nitrogen and oxygen atoms in total. The Kier molecular flexibility index (Phi) is 4.86. The number of nitrogens with one attached hydrogen (secondary N) is 1. The van der Waals surface area contributed by atoms with Gasteiger partial charge in [-0.15, -0.1) is 4.40 Å². The lowest BCUT2D eigenvalue weighted by Gasteiger charge is -2.33. The van der Waals surface area contributed by atoms with Crippen molar-refractivity contribution < 1.29 is 22.7 Å². The molecule has 2 aliphatic heterocycles. The lowest BCUT2D eigenvalue weighted by molar-refractivity contribution is -0.160. The molecule has 0 unspecified atom stereocenters. The number of sulfonamides is 1. The normalized spacial score (nSPS) is 24.1. The van der Waals surface area contributed by atoms with Crippen LogP contribution in [0.5, 0.6) is 0 Å². The van der Waals surface area contributed by atoms with E-state index in [1.165, 1.54) is 6.07 Å². The largest absolute Gasteiger partial charge is 0.452 e. The van der Waals surface area contributed by atoms with Crippen molar-refractivity contribution >= 4 is 27.7 Å². The number of piperidine rings is 1. The summed E-state index contributed by atoms with van der Waals surface area (Å²) in [6, 6.07) is 6.91. The van der Waals surface area contributed by atoms with Crippen LogP contribution in [0.2, 0.25) is 0 Å². The van der Waals surface area contributed by atoms with E-state index in [1.54, 1.807) is 25.1 Å². The Hall–Kier alpha value is -2.42. The molecule has 150 valence electrons. The van der Waals surface area contributed by atoms with Gasteiger partial charge in [-0.25, -0.2) is 0 Å². The monoisotopic (exact) mass is 405 g/mol. The number of ether oxygens (including phenoxy) is 1. The van der Waals surface area contributed by atoms with Crippen LogP contribution in [0.15, 0.2) is 33.6 Å². The maximum atomic E-state index is 12.6. The van der Waals surface area contributed by atoms with Gasteiger partial charge in [0.1, 0.15) is 4.90 Å². The SMILES string of the molecule is C[C@H](OC(=O)[C@@H]1CCCN(C2=NS(=O)(=O)c3ccccc32)C1)C(=O)NC1CC1. The number of amides is 1. The molecule has 0 aromatic heterocycles. The second kappa shape index (κ2) is 7.20. The van der Waals surface area contributed by atoms with E-state index >= 15 is 0 Å². The Morgan fingerprint density at radius 1 is 1.25 bits per heavy atom. The van der Waals surface area contributed by atoms with Gasteiger partial charge in [0.15, 0.2) is 11.9 Å². The fourth-order valence-corrected chi connectivity index (χ4v) is 4.78. The van der Waals surface area contributed by atoms with E-state index in [2.05, 4.69) is 9.71 Å². The van der Waals surface area contributed by atoms with Gasteiger partial charge >= 0.3 is 5.97 Å². The molecule has 1 saturated carbocycles. The number of benzene rings is 1. The molecule has 4 rings (SSSR count). The molecule has 2 heterocycles. The molecule has 3 aliphatic rings. The standard InChI is InChI=1S/C19H23N3O5S/c1-12(18(23)20-14-8-9-14)27-19(24)13-5-4-10-22(11-13)17-15-6-2-3-7-16(15)28(25,26)21-17/h2-3,6-7,12-14H,4-5,8-11H2,1H3,(H,20,23)/t12-,13+/m0/s1. The van der Waals surface area contributed by atoms with E-state index in [0.29, 0.717) is 37.3 Å². The Labute approximate surface area is 164 Å². The van der Waals surface area contributed by atoms with Gasteiger partial charge in [0.25, 0.3) is 15.9 Å². The Morgan fingerprint density at radius 2 is 2.00 bits per heavy atom. The van der Waals surface area contributed by atoms with Crippen molar-refractivity contribution in [3.63, 3.8) is 0 Å². The fraction of sp³-hybridized carbons (Fsp3) is 0.526. The van der Waals surface area contributed by atoms with Crippen molar-refractivity contribution in [1.82, 2.24) is 10.2 Å². The third kappa shape index (κ3) is 3.76. The zero-order valence-electron chi connectivity index (χ0n) is 15.6. The summed E-state index contributed by atoms with van der Waals surface area (Å²) in [6.45, 7) is 2.50. The summed E-state index contributed by atoms with van der Waals surface area (Å²) < 4.78 is 33.9. The van der Waals surface area contributed by atoms with E-state index in [9.17, 15) is 18.0 Å². The summed E-state index contributed by atoms with van der Waals surface area (Å²) in [7, 11) is -3.70. The molecule has 0 spiro atoms. The van der Waals surface area contributed by atoms with Crippen molar-refractivity contribution in [2.24, 2.45) is 10.3 Å². The van der Waals surface area contributed by atoms with E-state index in [1.807, 2.05) is 4.90 Å². The van der Waals surface area contributed by atoms with E-state index in [4.69, 9.17) is 4.74 Å². The van der Waals surface area contributed by atoms with Crippen LogP contribution in [0.25, 0.3) is 0 Å². The number of hydrogen-bond acceptors (Lipinski definition) is 6. The number of nitrogens with zero attached hydrogens (tertiary/aromatic N) is 2. The van der Waals surface area contributed by atoms with Crippen LogP contribution >= 0.6 is 0 Å². The van der Waals surface area contributed by atoms with Crippen molar-refractivity contribution in [3.05, 3.63) is 29.8 Å². The highest BCUT2D eigenvalue weighted by molar-refractivity contribution is 7.90. The van der Waals surface area contributed by atoms with Crippen LogP contribution in [0, 0.1) is 5.92 Å². The van der Waals surface area contributed by atoms with Gasteiger partial charge in [0.05, 0.1) is 5.92 Å². The molecule has 9 heteroatoms. The first-order valence-electron chi connectivity index (χ1n) is 9.55. The van der Waals surface area contributed by atoms with Crippen LogP contribution < -0.4 is 5.32 Å². The lowest BCUT2D eigenvalue weighted by Crippen LogP contribution is -2.44. The van der Waals surface area contributed by atoms with E-state index in [-0.39, 0.29) is 16.8 Å². The first kappa shape index (κ1) is 18.9. The minimum atomic E-state index is -3.70. The van der Waals surface area contributed by atoms with Gasteiger partial charge in [0.2, 0.25) is 0 Å². The summed E-state index contributed by atoms with van der Waals surface area (Å²) in [5.41, 5.74) is 0.564. The van der Waals surface area contributed by atoms with Gasteiger partial charge in [0, 0.05) is 24.7 Å². The Balaban J connectivity index is 1.43. The van der Waals surface area contributed by atoms with E-state index < -0.39 is 28.0 Å². The maximum absolute atomic E-state index is 12.6. The second-order valence-electron chi connectivity index (χ2n) is 7.53. The maximum Gasteiger partial charge on any atom is 0.311 e. The molecule has 1 saturated heterocycles. The predicted molar refractivity (Wildman–Crippen MR) is 101 cm³/mol. The first-order chi connectivity index (χ1) is 13.3. The van der Waals surface area contributed by atoms with Crippen molar-refractivity contribution in [3.8, 4) is 0 Å². The lowest BCUT2D eigenvalue weighted by atomic mass is 9.97. The summed E-state index contributed by atoms with van der Waals surface area (Å²) in [5, 5.41) is 2.82. The first-order valence-corrected chi connectivity index (χ1v) is 11.0. The topological polar surface area (TPSA) is 105 Å². The molecule has 1 aromatic rings. The number of carbonyl (C=O) groups is 2. The number of rotatable bonds is 4. The minimum absolute atomic E-state index is 0.195. The number of fused-ring (bicyclic) bond motifs is 1. The highest BCUT2D eigenvalue weighted by atomic mass is 32.2. The van der Waals surface area contributed by atoms with Gasteiger partial charge < -0.3 is 15.0 Å². The Bertz CT molecular complexity index is 939. The van der Waals surface area contributed by atoms with Crippen LogP contribution in [-0.2, 0) is 24.3 Å². The number of likely N-dealkylation sites (tertiary alicyclic amines) is 1. The highest BCUT2D eigenvalue weighted by Gasteiger charge is 2.36. The highest BCUT2D eigenvalue weighted by Crippen LogP contribution is 2.30. The van der Waals surface area contributed by atoms with Crippen LogP contribution in [0.4, 0.5) is 0 Å². The number of esters is 1. The Morgan fingerprint density at radius 3 is 2.75 bits per heavy atom. The number of hydrogen-bond donors (Lipinski definition) is 1. The third-order valence-electron chi connectivity index (χ3n) is 5.25. The molecule has 28 heavy (non-hydrogen) atoms. The van der Waals surface area contributed by atoms with Crippen LogP contribution in [0.1, 0.15) is 38.2 Å². The average Bonchev–Trinajstić information content (AvgIpc) is 3.45. The molecule has 2 fully saturated rings. The summed E-state index contributed by atoms with van der Waals surface area (Å²) >= 11 is 0. The molecular weight excluding hydrogens is 382 g/mol. The second-order valence-corrected chi connectivity index (χ2v) is 9.11. The van der Waals surface area contributed by atoms with Gasteiger partial charge in [-0.2, -0.15) is 8.42 Å². The van der Waals surface area contributed by atoms with Crippen molar-refractivity contribution in [1.29, 1.82) is 0 Å². The van der Waals surface area contributed by atoms with Gasteiger partial charge in [-0.3, -0.25) is 9.59 Å². The predicted octanol–water partition coefficient (Wildman–Crippen LogP) is 1.06. The molecule has 0 radical (unpaired) electrons. The molecule has 2 atom stereocenters. The fourth-order valence-electron chi connectivity index (χ4n) is 3.55. The smallest absolute Gasteiger partial charge is 0.311 e. The summed E-state index contributed by atoms with van der Waals surface area (Å²) in [4.78, 5) is 26.6. The zero-order valence-corrected chi connectivity index (χ0v) is 16.4. The minimum Gasteiger partial charge on any atom is -0.452 e. The summed E-state index contributed by atoms with van der Waals surface area (Å²) in [5.74, 6) is -0.752. The van der Waals surface area contributed by atoms with E-state index in [0.717, 1.165) is 12.8 Å². The summed E-state index contributed by atoms with van der Waals surface area (Å²) in [6.07, 6.45) is 2.44. The molecule has 1 aliphatic carbocycles. The molecular formula is C19H23N3O5S. The van der Waals surface area contributed by atoms with Crippen LogP contribution in [0.3, 0.4) is 0 Å². The molecule has 1 aromatic carbocycles. The molecule has 1 N–H and O–H groups in total. The molecule has 0 bridgehead atoms.